The summed E-state index contributed by atoms with van der Waals surface area (Å²) in [6, 6.07) is 5.88. The summed E-state index contributed by atoms with van der Waals surface area (Å²) in [7, 11) is 1.87. The van der Waals surface area contributed by atoms with Crippen molar-refractivity contribution in [1.82, 2.24) is 15.5 Å². The molecule has 0 radical (unpaired) electrons. The Morgan fingerprint density at radius 3 is 2.79 bits per heavy atom. The molecule has 2 N–H and O–H groups in total. The molecule has 3 amide bonds. The fourth-order valence-corrected chi connectivity index (χ4v) is 3.33. The molecule has 2 bridgehead atoms. The molecule has 4 aliphatic heterocycles. The largest absolute Gasteiger partial charge is 0.393 e. The molecule has 1 saturated heterocycles. The molecule has 4 aliphatic rings. The van der Waals surface area contributed by atoms with Gasteiger partial charge in [-0.15, -0.1) is 0 Å². The highest BCUT2D eigenvalue weighted by molar-refractivity contribution is 6.12. The highest BCUT2D eigenvalue weighted by Gasteiger charge is 2.35. The molecule has 1 aromatic rings. The van der Waals surface area contributed by atoms with E-state index < -0.39 is 0 Å². The van der Waals surface area contributed by atoms with Crippen LogP contribution in [0.3, 0.4) is 0 Å². The zero-order valence-electron chi connectivity index (χ0n) is 13.6. The predicted molar refractivity (Wildman–Crippen MR) is 91.1 cm³/mol. The Morgan fingerprint density at radius 1 is 1.29 bits per heavy atom. The lowest BCUT2D eigenvalue weighted by Gasteiger charge is -2.39. The van der Waals surface area contributed by atoms with Crippen molar-refractivity contribution in [2.75, 3.05) is 23.4 Å². The van der Waals surface area contributed by atoms with Crippen LogP contribution in [0.5, 0.6) is 0 Å². The number of amides is 3. The summed E-state index contributed by atoms with van der Waals surface area (Å²) in [5.41, 5.74) is 4.19. The van der Waals surface area contributed by atoms with Crippen LogP contribution in [-0.4, -0.2) is 36.5 Å². The van der Waals surface area contributed by atoms with Crippen molar-refractivity contribution in [3.05, 3.63) is 48.1 Å². The molecule has 4 heterocycles. The first-order chi connectivity index (χ1) is 11.6. The Bertz CT molecular complexity index is 785. The van der Waals surface area contributed by atoms with Crippen LogP contribution in [0.15, 0.2) is 42.5 Å². The van der Waals surface area contributed by atoms with E-state index >= 15 is 0 Å². The van der Waals surface area contributed by atoms with Gasteiger partial charge in [-0.25, -0.2) is 4.79 Å². The van der Waals surface area contributed by atoms with Gasteiger partial charge in [0, 0.05) is 37.9 Å². The molecule has 7 heteroatoms. The van der Waals surface area contributed by atoms with Crippen LogP contribution in [0.4, 0.5) is 16.2 Å². The van der Waals surface area contributed by atoms with Gasteiger partial charge in [-0.3, -0.25) is 15.0 Å². The van der Waals surface area contributed by atoms with Gasteiger partial charge in [0.05, 0.1) is 17.4 Å². The van der Waals surface area contributed by atoms with Crippen LogP contribution in [0.25, 0.3) is 0 Å². The van der Waals surface area contributed by atoms with Crippen molar-refractivity contribution in [3.8, 4) is 0 Å². The average molecular weight is 325 g/mol. The first-order valence-corrected chi connectivity index (χ1v) is 7.93. The highest BCUT2D eigenvalue weighted by atomic mass is 16.2. The standard InChI is InChI=1S/C17H19N5O2/c1-11-15-9-20(11)8-12-7-13(22-10-16(23)19-17(22)24)3-4-14(12)21(15)6-5-18-2/h3-7,9,11,18H,8,10H2,1-2H3,(H,19,23,24)/b6-5-. The fourth-order valence-electron chi connectivity index (χ4n) is 3.33. The molecule has 124 valence electrons. The van der Waals surface area contributed by atoms with Gasteiger partial charge >= 0.3 is 6.03 Å². The predicted octanol–water partition coefficient (Wildman–Crippen LogP) is 1.30. The number of carbonyl (C=O) groups excluding carboxylic acids is 2. The molecule has 0 aliphatic carbocycles. The molecule has 7 nitrogen and oxygen atoms in total. The second-order valence-electron chi connectivity index (χ2n) is 6.13. The summed E-state index contributed by atoms with van der Waals surface area (Å²) in [6.07, 6.45) is 6.05. The maximum Gasteiger partial charge on any atom is 0.329 e. The van der Waals surface area contributed by atoms with E-state index in [1.807, 2.05) is 37.6 Å². The topological polar surface area (TPSA) is 67.9 Å². The van der Waals surface area contributed by atoms with Gasteiger partial charge in [-0.2, -0.15) is 0 Å². The molecule has 24 heavy (non-hydrogen) atoms. The number of benzene rings is 1. The number of imide groups is 1. The van der Waals surface area contributed by atoms with Crippen molar-refractivity contribution < 1.29 is 9.59 Å². The van der Waals surface area contributed by atoms with Crippen LogP contribution in [0.1, 0.15) is 12.5 Å². The number of carbonyl (C=O) groups is 2. The first-order valence-electron chi connectivity index (χ1n) is 7.93. The summed E-state index contributed by atoms with van der Waals surface area (Å²) in [5.74, 6) is -0.267. The van der Waals surface area contributed by atoms with E-state index in [1.54, 1.807) is 0 Å². The minimum atomic E-state index is -0.362. The normalized spacial score (nSPS) is 22.2. The smallest absolute Gasteiger partial charge is 0.329 e. The van der Waals surface area contributed by atoms with Gasteiger partial charge in [0.2, 0.25) is 5.91 Å². The third-order valence-electron chi connectivity index (χ3n) is 4.67. The lowest BCUT2D eigenvalue weighted by molar-refractivity contribution is -0.117. The summed E-state index contributed by atoms with van der Waals surface area (Å²) in [5, 5.41) is 5.34. The second kappa shape index (κ2) is 5.30. The van der Waals surface area contributed by atoms with Crippen molar-refractivity contribution in [1.29, 1.82) is 0 Å². The van der Waals surface area contributed by atoms with E-state index in [-0.39, 0.29) is 18.5 Å². The second-order valence-corrected chi connectivity index (χ2v) is 6.13. The number of anilines is 2. The molecule has 0 saturated carbocycles. The minimum Gasteiger partial charge on any atom is -0.393 e. The average Bonchev–Trinajstić information content (AvgIpc) is 2.77. The Hall–Kier alpha value is -2.96. The van der Waals surface area contributed by atoms with Crippen molar-refractivity contribution in [3.63, 3.8) is 0 Å². The minimum absolute atomic E-state index is 0.0740. The zero-order valence-corrected chi connectivity index (χ0v) is 13.6. The Balaban J connectivity index is 1.73. The zero-order chi connectivity index (χ0) is 16.8. The van der Waals surface area contributed by atoms with Gasteiger partial charge in [0.25, 0.3) is 0 Å². The van der Waals surface area contributed by atoms with Crippen molar-refractivity contribution >= 4 is 23.3 Å². The van der Waals surface area contributed by atoms with E-state index in [0.717, 1.165) is 23.5 Å². The van der Waals surface area contributed by atoms with E-state index in [1.165, 1.54) is 10.6 Å². The molecular weight excluding hydrogens is 306 g/mol. The number of rotatable bonds is 3. The molecular formula is C17H19N5O2. The van der Waals surface area contributed by atoms with Gasteiger partial charge < -0.3 is 15.1 Å². The van der Waals surface area contributed by atoms with Crippen LogP contribution in [-0.2, 0) is 11.3 Å². The first kappa shape index (κ1) is 14.6. The van der Waals surface area contributed by atoms with Gasteiger partial charge in [-0.05, 0) is 30.7 Å². The summed E-state index contributed by atoms with van der Waals surface area (Å²) in [4.78, 5) is 29.2. The van der Waals surface area contributed by atoms with Crippen LogP contribution >= 0.6 is 0 Å². The molecule has 5 rings (SSSR count). The molecule has 1 fully saturated rings. The lowest BCUT2D eigenvalue weighted by Crippen LogP contribution is -2.41. The molecule has 1 unspecified atom stereocenters. The van der Waals surface area contributed by atoms with Crippen LogP contribution in [0.2, 0.25) is 0 Å². The van der Waals surface area contributed by atoms with Gasteiger partial charge in [0.15, 0.2) is 0 Å². The van der Waals surface area contributed by atoms with Crippen LogP contribution in [0, 0.1) is 0 Å². The number of nitrogens with one attached hydrogen (secondary N) is 2. The van der Waals surface area contributed by atoms with Crippen molar-refractivity contribution in [2.45, 2.75) is 19.5 Å². The van der Waals surface area contributed by atoms with E-state index in [9.17, 15) is 9.59 Å². The quantitative estimate of drug-likeness (QED) is 0.820. The summed E-state index contributed by atoms with van der Waals surface area (Å²) >= 11 is 0. The summed E-state index contributed by atoms with van der Waals surface area (Å²) in [6.45, 7) is 3.03. The van der Waals surface area contributed by atoms with Gasteiger partial charge in [0.1, 0.15) is 6.54 Å². The number of hydrogen-bond donors (Lipinski definition) is 2. The Labute approximate surface area is 140 Å². The monoisotopic (exact) mass is 325 g/mol. The Morgan fingerprint density at radius 2 is 2.12 bits per heavy atom. The number of nitrogens with zero attached hydrogens (tertiary/aromatic N) is 3. The molecule has 1 atom stereocenters. The fraction of sp³-hybridized carbons (Fsp3) is 0.294. The van der Waals surface area contributed by atoms with Crippen molar-refractivity contribution in [2.24, 2.45) is 0 Å². The molecule has 0 spiro atoms. The molecule has 0 aromatic heterocycles. The third kappa shape index (κ3) is 2.12. The van der Waals surface area contributed by atoms with E-state index in [2.05, 4.69) is 33.6 Å². The summed E-state index contributed by atoms with van der Waals surface area (Å²) < 4.78 is 0. The maximum absolute atomic E-state index is 11.9. The van der Waals surface area contributed by atoms with Gasteiger partial charge in [-0.1, -0.05) is 0 Å². The van der Waals surface area contributed by atoms with E-state index in [4.69, 9.17) is 0 Å². The SMILES string of the molecule is CN/C=C\N1C2=CN(Cc3cc(N4CC(=O)NC4=O)ccc31)C2C. The van der Waals surface area contributed by atoms with E-state index in [0.29, 0.717) is 6.04 Å². The number of hydrogen-bond acceptors (Lipinski definition) is 5. The molecule has 1 aromatic carbocycles. The highest BCUT2D eigenvalue weighted by Crippen LogP contribution is 2.40. The Kier molecular flexibility index (Phi) is 3.23. The third-order valence-corrected chi connectivity index (χ3v) is 4.67. The maximum atomic E-state index is 11.9. The van der Waals surface area contributed by atoms with Crippen LogP contribution < -0.4 is 20.4 Å². The number of urea groups is 1. The lowest BCUT2D eigenvalue weighted by atomic mass is 10.1.